The molecule has 0 aromatic carbocycles. The van der Waals surface area contributed by atoms with Crippen LogP contribution in [0.1, 0.15) is 49.5 Å². The third-order valence-electron chi connectivity index (χ3n) is 4.67. The lowest BCUT2D eigenvalue weighted by Gasteiger charge is -2.25. The number of fused-ring (bicyclic) bond motifs is 1. The number of nitrogens with two attached hydrogens (primary N) is 1. The van der Waals surface area contributed by atoms with Crippen molar-refractivity contribution in [1.29, 1.82) is 0 Å². The topological polar surface area (TPSA) is 68.3 Å². The maximum absolute atomic E-state index is 12.4. The zero-order chi connectivity index (χ0) is 13.2. The van der Waals surface area contributed by atoms with Gasteiger partial charge in [0.2, 0.25) is 5.91 Å². The van der Waals surface area contributed by atoms with Crippen molar-refractivity contribution in [3.8, 4) is 0 Å². The number of nitrogens with one attached hydrogen (secondary N) is 1. The predicted octanol–water partition coefficient (Wildman–Crippen LogP) is 2.15. The lowest BCUT2D eigenvalue weighted by molar-refractivity contribution is -0.126. The standard InChI is InChI=1S/C15H22N2O2/c16-9-10-3-1-4-11(10)15(18)17-13-5-2-6-14-12(13)7-8-19-14/h7-8,10-11,13H,1-6,9,16H2,(H,17,18). The van der Waals surface area contributed by atoms with Crippen LogP contribution in [-0.4, -0.2) is 12.5 Å². The maximum atomic E-state index is 12.4. The summed E-state index contributed by atoms with van der Waals surface area (Å²) in [7, 11) is 0. The molecule has 1 aromatic heterocycles. The van der Waals surface area contributed by atoms with Crippen LogP contribution in [0, 0.1) is 11.8 Å². The number of carbonyl (C=O) groups excluding carboxylic acids is 1. The average molecular weight is 262 g/mol. The van der Waals surface area contributed by atoms with Gasteiger partial charge in [-0.3, -0.25) is 4.79 Å². The highest BCUT2D eigenvalue weighted by atomic mass is 16.3. The van der Waals surface area contributed by atoms with Crippen molar-refractivity contribution < 1.29 is 9.21 Å². The summed E-state index contributed by atoms with van der Waals surface area (Å²) in [5.41, 5.74) is 6.93. The molecule has 0 aliphatic heterocycles. The second kappa shape index (κ2) is 5.37. The lowest BCUT2D eigenvalue weighted by Crippen LogP contribution is -2.38. The lowest BCUT2D eigenvalue weighted by atomic mass is 9.91. The summed E-state index contributed by atoms with van der Waals surface area (Å²) >= 11 is 0. The summed E-state index contributed by atoms with van der Waals surface area (Å²) in [5, 5.41) is 3.21. The highest BCUT2D eigenvalue weighted by molar-refractivity contribution is 5.79. The van der Waals surface area contributed by atoms with Gasteiger partial charge in [-0.15, -0.1) is 0 Å². The molecule has 2 aliphatic rings. The third kappa shape index (κ3) is 2.41. The van der Waals surface area contributed by atoms with E-state index in [1.807, 2.05) is 6.07 Å². The van der Waals surface area contributed by atoms with Crippen LogP contribution in [0.2, 0.25) is 0 Å². The van der Waals surface area contributed by atoms with Gasteiger partial charge in [0, 0.05) is 17.9 Å². The van der Waals surface area contributed by atoms with Crippen LogP contribution in [0.3, 0.4) is 0 Å². The van der Waals surface area contributed by atoms with E-state index in [-0.39, 0.29) is 17.9 Å². The molecule has 2 aliphatic carbocycles. The summed E-state index contributed by atoms with van der Waals surface area (Å²) in [4.78, 5) is 12.4. The Morgan fingerprint density at radius 2 is 2.26 bits per heavy atom. The van der Waals surface area contributed by atoms with Crippen molar-refractivity contribution in [1.82, 2.24) is 5.32 Å². The highest BCUT2D eigenvalue weighted by Crippen LogP contribution is 2.34. The zero-order valence-electron chi connectivity index (χ0n) is 11.2. The molecule has 0 spiro atoms. The summed E-state index contributed by atoms with van der Waals surface area (Å²) in [6, 6.07) is 2.13. The average Bonchev–Trinajstić information content (AvgIpc) is 3.07. The molecule has 0 bridgehead atoms. The van der Waals surface area contributed by atoms with E-state index < -0.39 is 0 Å². The first kappa shape index (κ1) is 12.7. The Morgan fingerprint density at radius 1 is 1.37 bits per heavy atom. The van der Waals surface area contributed by atoms with E-state index in [1.165, 1.54) is 5.56 Å². The van der Waals surface area contributed by atoms with Gasteiger partial charge in [0.1, 0.15) is 5.76 Å². The van der Waals surface area contributed by atoms with Gasteiger partial charge >= 0.3 is 0 Å². The molecule has 0 radical (unpaired) electrons. The first-order valence-corrected chi connectivity index (χ1v) is 7.36. The van der Waals surface area contributed by atoms with E-state index in [0.717, 1.165) is 44.3 Å². The van der Waals surface area contributed by atoms with Gasteiger partial charge in [0.25, 0.3) is 0 Å². The normalized spacial score (nSPS) is 30.1. The molecule has 1 saturated carbocycles. The van der Waals surface area contributed by atoms with Crippen LogP contribution in [0.4, 0.5) is 0 Å². The van der Waals surface area contributed by atoms with Crippen LogP contribution in [-0.2, 0) is 11.2 Å². The van der Waals surface area contributed by atoms with Gasteiger partial charge in [-0.2, -0.15) is 0 Å². The second-order valence-electron chi connectivity index (χ2n) is 5.79. The predicted molar refractivity (Wildman–Crippen MR) is 72.4 cm³/mol. The van der Waals surface area contributed by atoms with Gasteiger partial charge < -0.3 is 15.5 Å². The van der Waals surface area contributed by atoms with Crippen LogP contribution >= 0.6 is 0 Å². The Balaban J connectivity index is 1.68. The van der Waals surface area contributed by atoms with Gasteiger partial charge in [0.05, 0.1) is 12.3 Å². The van der Waals surface area contributed by atoms with Crippen molar-refractivity contribution in [2.24, 2.45) is 17.6 Å². The molecule has 104 valence electrons. The molecule has 1 fully saturated rings. The molecule has 3 unspecified atom stereocenters. The van der Waals surface area contributed by atoms with Crippen molar-refractivity contribution in [2.75, 3.05) is 6.54 Å². The van der Waals surface area contributed by atoms with Crippen molar-refractivity contribution in [2.45, 2.75) is 44.6 Å². The van der Waals surface area contributed by atoms with Crippen LogP contribution in [0.15, 0.2) is 16.7 Å². The molecule has 3 rings (SSSR count). The van der Waals surface area contributed by atoms with Gasteiger partial charge in [-0.1, -0.05) is 6.42 Å². The smallest absolute Gasteiger partial charge is 0.223 e. The van der Waals surface area contributed by atoms with E-state index >= 15 is 0 Å². The fourth-order valence-electron chi connectivity index (χ4n) is 3.58. The molecule has 4 nitrogen and oxygen atoms in total. The van der Waals surface area contributed by atoms with E-state index in [4.69, 9.17) is 10.2 Å². The number of furan rings is 1. The van der Waals surface area contributed by atoms with E-state index in [0.29, 0.717) is 12.5 Å². The Labute approximate surface area is 113 Å². The van der Waals surface area contributed by atoms with Gasteiger partial charge in [-0.25, -0.2) is 0 Å². The molecular weight excluding hydrogens is 240 g/mol. The number of rotatable bonds is 3. The highest BCUT2D eigenvalue weighted by Gasteiger charge is 2.34. The molecule has 3 N–H and O–H groups in total. The van der Waals surface area contributed by atoms with Crippen LogP contribution in [0.25, 0.3) is 0 Å². The minimum atomic E-state index is 0.113. The van der Waals surface area contributed by atoms with Gasteiger partial charge in [0.15, 0.2) is 0 Å². The van der Waals surface area contributed by atoms with E-state index in [9.17, 15) is 4.79 Å². The molecule has 4 heteroatoms. The molecule has 19 heavy (non-hydrogen) atoms. The molecule has 1 amide bonds. The fraction of sp³-hybridized carbons (Fsp3) is 0.667. The Kier molecular flexibility index (Phi) is 3.60. The monoisotopic (exact) mass is 262 g/mol. The quantitative estimate of drug-likeness (QED) is 0.877. The summed E-state index contributed by atoms with van der Waals surface area (Å²) in [6.07, 6.45) is 8.02. The zero-order valence-corrected chi connectivity index (χ0v) is 11.2. The van der Waals surface area contributed by atoms with Crippen LogP contribution < -0.4 is 11.1 Å². The van der Waals surface area contributed by atoms with Gasteiger partial charge in [-0.05, 0) is 44.2 Å². The molecule has 0 saturated heterocycles. The number of hydrogen-bond acceptors (Lipinski definition) is 3. The Morgan fingerprint density at radius 3 is 3.11 bits per heavy atom. The fourth-order valence-corrected chi connectivity index (χ4v) is 3.58. The number of hydrogen-bond donors (Lipinski definition) is 2. The van der Waals surface area contributed by atoms with E-state index in [1.54, 1.807) is 6.26 Å². The Hall–Kier alpha value is -1.29. The third-order valence-corrected chi connectivity index (χ3v) is 4.67. The summed E-state index contributed by atoms with van der Waals surface area (Å²) in [6.45, 7) is 0.625. The minimum absolute atomic E-state index is 0.113. The Bertz CT molecular complexity index is 455. The van der Waals surface area contributed by atoms with Crippen molar-refractivity contribution in [3.05, 3.63) is 23.7 Å². The molecule has 3 atom stereocenters. The molecular formula is C15H22N2O2. The first-order valence-electron chi connectivity index (χ1n) is 7.36. The first-order chi connectivity index (χ1) is 9.29. The number of aryl methyl sites for hydroxylation is 1. The second-order valence-corrected chi connectivity index (χ2v) is 5.79. The molecule has 1 heterocycles. The number of amides is 1. The van der Waals surface area contributed by atoms with Crippen molar-refractivity contribution in [3.63, 3.8) is 0 Å². The largest absolute Gasteiger partial charge is 0.469 e. The molecule has 1 aromatic rings. The minimum Gasteiger partial charge on any atom is -0.469 e. The summed E-state index contributed by atoms with van der Waals surface area (Å²) in [5.74, 6) is 1.71. The SMILES string of the molecule is NCC1CCCC1C(=O)NC1CCCc2occc21. The summed E-state index contributed by atoms with van der Waals surface area (Å²) < 4.78 is 5.46. The van der Waals surface area contributed by atoms with Crippen molar-refractivity contribution >= 4 is 5.91 Å². The van der Waals surface area contributed by atoms with E-state index in [2.05, 4.69) is 5.32 Å². The maximum Gasteiger partial charge on any atom is 0.223 e. The number of carbonyl (C=O) groups is 1. The van der Waals surface area contributed by atoms with Crippen LogP contribution in [0.5, 0.6) is 0 Å².